The number of amides is 3. The molecule has 1 heterocycles. The lowest BCUT2D eigenvalue weighted by Gasteiger charge is -2.32. The minimum Gasteiger partial charge on any atom is -0.355 e. The smallest absolute Gasteiger partial charge is 0.253 e. The van der Waals surface area contributed by atoms with E-state index in [4.69, 9.17) is 0 Å². The summed E-state index contributed by atoms with van der Waals surface area (Å²) in [5, 5.41) is 5.88. The van der Waals surface area contributed by atoms with Crippen molar-refractivity contribution in [2.75, 3.05) is 25.0 Å². The Balaban J connectivity index is 1.52. The lowest BCUT2D eigenvalue weighted by molar-refractivity contribution is -0.126. The van der Waals surface area contributed by atoms with Crippen LogP contribution in [0, 0.1) is 11.3 Å². The standard InChI is InChI=1S/C26H33N3O3/c1-26(2,3)25(32)28-22-13-11-20(12-14-22)24(31)29-17-7-10-21(18-29)23(30)27-16-15-19-8-5-4-6-9-19/h4-6,8-9,11-14,21H,7,10,15-18H2,1-3H3,(H,27,30)(H,28,32)/t21-/m0/s1. The van der Waals surface area contributed by atoms with Gasteiger partial charge in [0.05, 0.1) is 5.92 Å². The van der Waals surface area contributed by atoms with Crippen LogP contribution in [0.15, 0.2) is 54.6 Å². The monoisotopic (exact) mass is 435 g/mol. The van der Waals surface area contributed by atoms with Crippen molar-refractivity contribution in [3.05, 3.63) is 65.7 Å². The van der Waals surface area contributed by atoms with Gasteiger partial charge in [0.25, 0.3) is 5.91 Å². The van der Waals surface area contributed by atoms with Gasteiger partial charge >= 0.3 is 0 Å². The number of carbonyl (C=O) groups is 3. The molecule has 0 saturated carbocycles. The molecule has 1 atom stereocenters. The summed E-state index contributed by atoms with van der Waals surface area (Å²) in [6.45, 7) is 7.23. The third kappa shape index (κ3) is 6.42. The molecular formula is C26H33N3O3. The zero-order valence-electron chi connectivity index (χ0n) is 19.2. The van der Waals surface area contributed by atoms with Gasteiger partial charge in [0.15, 0.2) is 0 Å². The van der Waals surface area contributed by atoms with Gasteiger partial charge in [-0.25, -0.2) is 0 Å². The van der Waals surface area contributed by atoms with Crippen molar-refractivity contribution >= 4 is 23.4 Å². The molecule has 0 radical (unpaired) electrons. The number of benzene rings is 2. The second kappa shape index (κ2) is 10.4. The predicted octanol–water partition coefficient (Wildman–Crippen LogP) is 3.88. The van der Waals surface area contributed by atoms with Crippen LogP contribution in [0.1, 0.15) is 49.5 Å². The molecule has 3 amide bonds. The van der Waals surface area contributed by atoms with E-state index in [1.807, 2.05) is 51.1 Å². The third-order valence-corrected chi connectivity index (χ3v) is 5.71. The molecule has 2 N–H and O–H groups in total. The molecule has 32 heavy (non-hydrogen) atoms. The van der Waals surface area contributed by atoms with Crippen LogP contribution in [0.25, 0.3) is 0 Å². The lowest BCUT2D eigenvalue weighted by atomic mass is 9.95. The van der Waals surface area contributed by atoms with E-state index in [9.17, 15) is 14.4 Å². The Morgan fingerprint density at radius 1 is 1.00 bits per heavy atom. The molecule has 1 saturated heterocycles. The van der Waals surface area contributed by atoms with Gasteiger partial charge < -0.3 is 15.5 Å². The number of carbonyl (C=O) groups excluding carboxylic acids is 3. The molecule has 2 aromatic rings. The van der Waals surface area contributed by atoms with Crippen LogP contribution in [0.2, 0.25) is 0 Å². The molecule has 0 spiro atoms. The quantitative estimate of drug-likeness (QED) is 0.723. The van der Waals surface area contributed by atoms with Gasteiger partial charge in [-0.1, -0.05) is 51.1 Å². The van der Waals surface area contributed by atoms with Crippen LogP contribution in [0.4, 0.5) is 5.69 Å². The second-order valence-electron chi connectivity index (χ2n) is 9.40. The number of nitrogens with one attached hydrogen (secondary N) is 2. The second-order valence-corrected chi connectivity index (χ2v) is 9.40. The molecule has 2 aromatic carbocycles. The Labute approximate surface area is 190 Å². The van der Waals surface area contributed by atoms with E-state index < -0.39 is 5.41 Å². The summed E-state index contributed by atoms with van der Waals surface area (Å²) in [6.07, 6.45) is 2.39. The lowest BCUT2D eigenvalue weighted by Crippen LogP contribution is -2.45. The summed E-state index contributed by atoms with van der Waals surface area (Å²) >= 11 is 0. The Kier molecular flexibility index (Phi) is 7.67. The number of piperidine rings is 1. The molecule has 1 aliphatic heterocycles. The maximum absolute atomic E-state index is 13.0. The summed E-state index contributed by atoms with van der Waals surface area (Å²) < 4.78 is 0. The van der Waals surface area contributed by atoms with Crippen molar-refractivity contribution in [1.82, 2.24) is 10.2 Å². The highest BCUT2D eigenvalue weighted by Crippen LogP contribution is 2.21. The Morgan fingerprint density at radius 2 is 1.69 bits per heavy atom. The third-order valence-electron chi connectivity index (χ3n) is 5.71. The first kappa shape index (κ1) is 23.5. The summed E-state index contributed by atoms with van der Waals surface area (Å²) in [6, 6.07) is 17.0. The summed E-state index contributed by atoms with van der Waals surface area (Å²) in [4.78, 5) is 39.5. The van der Waals surface area contributed by atoms with Gasteiger partial charge in [0.1, 0.15) is 0 Å². The molecule has 6 heteroatoms. The molecule has 1 aliphatic rings. The first-order chi connectivity index (χ1) is 15.2. The van der Waals surface area contributed by atoms with Crippen molar-refractivity contribution in [2.24, 2.45) is 11.3 Å². The van der Waals surface area contributed by atoms with Gasteiger partial charge in [0.2, 0.25) is 11.8 Å². The van der Waals surface area contributed by atoms with Crippen molar-refractivity contribution in [1.29, 1.82) is 0 Å². The molecule has 0 bridgehead atoms. The summed E-state index contributed by atoms with van der Waals surface area (Å²) in [7, 11) is 0. The Bertz CT molecular complexity index is 933. The van der Waals surface area contributed by atoms with Crippen molar-refractivity contribution in [3.63, 3.8) is 0 Å². The van der Waals surface area contributed by atoms with Gasteiger partial charge in [0, 0.05) is 36.3 Å². The van der Waals surface area contributed by atoms with Crippen LogP contribution in [0.5, 0.6) is 0 Å². The minimum atomic E-state index is -0.487. The normalized spacial score (nSPS) is 16.3. The van der Waals surface area contributed by atoms with E-state index in [1.165, 1.54) is 5.56 Å². The molecule has 6 nitrogen and oxygen atoms in total. The molecule has 0 aromatic heterocycles. The highest BCUT2D eigenvalue weighted by atomic mass is 16.2. The van der Waals surface area contributed by atoms with E-state index in [2.05, 4.69) is 10.6 Å². The zero-order valence-corrected chi connectivity index (χ0v) is 19.2. The fourth-order valence-corrected chi connectivity index (χ4v) is 3.69. The topological polar surface area (TPSA) is 78.5 Å². The predicted molar refractivity (Wildman–Crippen MR) is 126 cm³/mol. The largest absolute Gasteiger partial charge is 0.355 e. The molecule has 1 fully saturated rings. The summed E-state index contributed by atoms with van der Waals surface area (Å²) in [5.74, 6) is -0.332. The molecule has 3 rings (SSSR count). The zero-order chi connectivity index (χ0) is 23.1. The van der Waals surface area contributed by atoms with E-state index in [1.54, 1.807) is 29.2 Å². The van der Waals surface area contributed by atoms with Gasteiger partial charge in [-0.05, 0) is 49.1 Å². The molecule has 0 unspecified atom stereocenters. The van der Waals surface area contributed by atoms with Crippen LogP contribution in [-0.4, -0.2) is 42.3 Å². The highest BCUT2D eigenvalue weighted by molar-refractivity contribution is 5.97. The summed E-state index contributed by atoms with van der Waals surface area (Å²) in [5.41, 5.74) is 1.92. The number of likely N-dealkylation sites (tertiary alicyclic amines) is 1. The highest BCUT2D eigenvalue weighted by Gasteiger charge is 2.29. The number of hydrogen-bond acceptors (Lipinski definition) is 3. The van der Waals surface area contributed by atoms with Gasteiger partial charge in [-0.2, -0.15) is 0 Å². The van der Waals surface area contributed by atoms with Crippen LogP contribution in [-0.2, 0) is 16.0 Å². The molecular weight excluding hydrogens is 402 g/mol. The Morgan fingerprint density at radius 3 is 2.34 bits per heavy atom. The first-order valence-corrected chi connectivity index (χ1v) is 11.3. The van der Waals surface area contributed by atoms with E-state index in [0.29, 0.717) is 30.9 Å². The Hall–Kier alpha value is -3.15. The van der Waals surface area contributed by atoms with Crippen LogP contribution < -0.4 is 10.6 Å². The van der Waals surface area contributed by atoms with E-state index >= 15 is 0 Å². The fourth-order valence-electron chi connectivity index (χ4n) is 3.69. The molecule has 0 aliphatic carbocycles. The van der Waals surface area contributed by atoms with Crippen molar-refractivity contribution in [3.8, 4) is 0 Å². The number of anilines is 1. The number of nitrogens with zero attached hydrogens (tertiary/aromatic N) is 1. The van der Waals surface area contributed by atoms with Crippen LogP contribution >= 0.6 is 0 Å². The van der Waals surface area contributed by atoms with E-state index in [-0.39, 0.29) is 23.6 Å². The SMILES string of the molecule is CC(C)(C)C(=O)Nc1ccc(C(=O)N2CCC[C@H](C(=O)NCCc3ccccc3)C2)cc1. The minimum absolute atomic E-state index is 0.0127. The van der Waals surface area contributed by atoms with Gasteiger partial charge in [-0.15, -0.1) is 0 Å². The average molecular weight is 436 g/mol. The number of hydrogen-bond donors (Lipinski definition) is 2. The number of rotatable bonds is 6. The van der Waals surface area contributed by atoms with E-state index in [0.717, 1.165) is 19.3 Å². The maximum Gasteiger partial charge on any atom is 0.253 e. The maximum atomic E-state index is 13.0. The van der Waals surface area contributed by atoms with Crippen LogP contribution in [0.3, 0.4) is 0 Å². The fraction of sp³-hybridized carbons (Fsp3) is 0.423. The van der Waals surface area contributed by atoms with Gasteiger partial charge in [-0.3, -0.25) is 14.4 Å². The van der Waals surface area contributed by atoms with Crippen molar-refractivity contribution in [2.45, 2.75) is 40.0 Å². The van der Waals surface area contributed by atoms with Crippen molar-refractivity contribution < 1.29 is 14.4 Å². The average Bonchev–Trinajstić information content (AvgIpc) is 2.79. The first-order valence-electron chi connectivity index (χ1n) is 11.3. The molecule has 170 valence electrons.